The molecule has 0 atom stereocenters. The van der Waals surface area contributed by atoms with Gasteiger partial charge in [0.2, 0.25) is 0 Å². The fraction of sp³-hybridized carbons (Fsp3) is 0.571. The van der Waals surface area contributed by atoms with Crippen molar-refractivity contribution in [2.75, 3.05) is 12.5 Å². The lowest BCUT2D eigenvalue weighted by molar-refractivity contribution is 0.154. The number of aromatic nitrogens is 1. The SMILES string of the molecule is S=C1SCN(C2CCCC2)CN1Cc1ccccn1. The van der Waals surface area contributed by atoms with Gasteiger partial charge in [-0.2, -0.15) is 0 Å². The predicted octanol–water partition coefficient (Wildman–Crippen LogP) is 3.07. The molecule has 1 aliphatic carbocycles. The summed E-state index contributed by atoms with van der Waals surface area (Å²) in [5, 5.41) is 0. The molecule has 3 rings (SSSR count). The van der Waals surface area contributed by atoms with E-state index in [2.05, 4.69) is 20.9 Å². The van der Waals surface area contributed by atoms with Crippen LogP contribution in [0.25, 0.3) is 0 Å². The monoisotopic (exact) mass is 293 g/mol. The van der Waals surface area contributed by atoms with E-state index in [4.69, 9.17) is 12.2 Å². The van der Waals surface area contributed by atoms with Gasteiger partial charge in [-0.1, -0.05) is 42.9 Å². The zero-order chi connectivity index (χ0) is 13.1. The maximum atomic E-state index is 5.49. The van der Waals surface area contributed by atoms with E-state index in [1.807, 2.05) is 18.3 Å². The molecule has 1 saturated carbocycles. The van der Waals surface area contributed by atoms with Crippen LogP contribution in [0.3, 0.4) is 0 Å². The van der Waals surface area contributed by atoms with E-state index in [9.17, 15) is 0 Å². The molecule has 0 unspecified atom stereocenters. The molecule has 0 bridgehead atoms. The van der Waals surface area contributed by atoms with Crippen molar-refractivity contribution in [3.8, 4) is 0 Å². The third-order valence-electron chi connectivity index (χ3n) is 3.88. The first-order valence-electron chi connectivity index (χ1n) is 6.88. The highest BCUT2D eigenvalue weighted by molar-refractivity contribution is 8.22. The molecule has 0 spiro atoms. The van der Waals surface area contributed by atoms with Crippen molar-refractivity contribution in [3.63, 3.8) is 0 Å². The minimum absolute atomic E-state index is 0.766. The average Bonchev–Trinajstić information content (AvgIpc) is 2.96. The van der Waals surface area contributed by atoms with Crippen LogP contribution in [0, 0.1) is 0 Å². The van der Waals surface area contributed by atoms with Crippen molar-refractivity contribution >= 4 is 28.3 Å². The second kappa shape index (κ2) is 6.20. The summed E-state index contributed by atoms with van der Waals surface area (Å²) in [7, 11) is 0. The zero-order valence-corrected chi connectivity index (χ0v) is 12.6. The lowest BCUT2D eigenvalue weighted by Gasteiger charge is -2.39. The second-order valence-electron chi connectivity index (χ2n) is 5.23. The number of rotatable bonds is 3. The highest BCUT2D eigenvalue weighted by Crippen LogP contribution is 2.29. The predicted molar refractivity (Wildman–Crippen MR) is 83.8 cm³/mol. The van der Waals surface area contributed by atoms with Crippen LogP contribution < -0.4 is 0 Å². The normalized spacial score (nSPS) is 22.1. The van der Waals surface area contributed by atoms with E-state index in [0.717, 1.165) is 35.1 Å². The molecule has 2 fully saturated rings. The van der Waals surface area contributed by atoms with Gasteiger partial charge in [0.25, 0.3) is 0 Å². The van der Waals surface area contributed by atoms with E-state index >= 15 is 0 Å². The van der Waals surface area contributed by atoms with Gasteiger partial charge in [0, 0.05) is 12.2 Å². The van der Waals surface area contributed by atoms with Gasteiger partial charge in [-0.3, -0.25) is 9.88 Å². The van der Waals surface area contributed by atoms with Gasteiger partial charge in [-0.25, -0.2) is 0 Å². The Balaban J connectivity index is 1.64. The summed E-state index contributed by atoms with van der Waals surface area (Å²) in [6.45, 7) is 1.79. The largest absolute Gasteiger partial charge is 0.339 e. The van der Waals surface area contributed by atoms with Crippen LogP contribution in [0.15, 0.2) is 24.4 Å². The first kappa shape index (κ1) is 13.3. The van der Waals surface area contributed by atoms with Gasteiger partial charge in [-0.15, -0.1) is 0 Å². The van der Waals surface area contributed by atoms with Crippen molar-refractivity contribution in [3.05, 3.63) is 30.1 Å². The standard InChI is InChI=1S/C14H19N3S2/c18-14-16(9-12-5-3-4-8-15-12)10-17(11-19-14)13-6-1-2-7-13/h3-5,8,13H,1-2,6-7,9-11H2. The summed E-state index contributed by atoms with van der Waals surface area (Å²) in [4.78, 5) is 9.26. The van der Waals surface area contributed by atoms with Crippen LogP contribution in [-0.4, -0.2) is 37.7 Å². The molecular formula is C14H19N3S2. The van der Waals surface area contributed by atoms with Crippen LogP contribution in [0.4, 0.5) is 0 Å². The summed E-state index contributed by atoms with van der Waals surface area (Å²) in [5.74, 6) is 1.06. The summed E-state index contributed by atoms with van der Waals surface area (Å²) < 4.78 is 1.01. The molecule has 0 N–H and O–H groups in total. The molecule has 5 heteroatoms. The molecule has 2 aliphatic rings. The molecule has 1 aromatic rings. The highest BCUT2D eigenvalue weighted by Gasteiger charge is 2.29. The first-order chi connectivity index (χ1) is 9.33. The van der Waals surface area contributed by atoms with Crippen molar-refractivity contribution in [2.24, 2.45) is 0 Å². The summed E-state index contributed by atoms with van der Waals surface area (Å²) in [6.07, 6.45) is 7.33. The topological polar surface area (TPSA) is 19.4 Å². The Kier molecular flexibility index (Phi) is 4.35. The fourth-order valence-electron chi connectivity index (χ4n) is 2.84. The van der Waals surface area contributed by atoms with Gasteiger partial charge in [0.15, 0.2) is 0 Å². The van der Waals surface area contributed by atoms with E-state index in [-0.39, 0.29) is 0 Å². The van der Waals surface area contributed by atoms with Crippen molar-refractivity contribution < 1.29 is 0 Å². The van der Waals surface area contributed by atoms with Crippen molar-refractivity contribution in [1.29, 1.82) is 0 Å². The molecule has 0 aromatic carbocycles. The number of hydrogen-bond acceptors (Lipinski definition) is 4. The van der Waals surface area contributed by atoms with E-state index in [0.29, 0.717) is 0 Å². The molecule has 3 nitrogen and oxygen atoms in total. The lowest BCUT2D eigenvalue weighted by atomic mass is 10.2. The maximum absolute atomic E-state index is 5.49. The number of hydrogen-bond donors (Lipinski definition) is 0. The Bertz CT molecular complexity index is 432. The van der Waals surface area contributed by atoms with E-state index in [1.165, 1.54) is 25.7 Å². The Labute approximate surface area is 124 Å². The zero-order valence-electron chi connectivity index (χ0n) is 11.0. The molecule has 1 aliphatic heterocycles. The Morgan fingerprint density at radius 2 is 2.16 bits per heavy atom. The fourth-order valence-corrected chi connectivity index (χ4v) is 3.99. The van der Waals surface area contributed by atoms with E-state index in [1.54, 1.807) is 11.8 Å². The third kappa shape index (κ3) is 3.27. The number of thiocarbonyl (C=S) groups is 1. The number of thioether (sulfide) groups is 1. The molecule has 2 heterocycles. The number of pyridine rings is 1. The molecule has 1 saturated heterocycles. The third-order valence-corrected chi connectivity index (χ3v) is 5.46. The Morgan fingerprint density at radius 3 is 2.89 bits per heavy atom. The highest BCUT2D eigenvalue weighted by atomic mass is 32.2. The van der Waals surface area contributed by atoms with Gasteiger partial charge >= 0.3 is 0 Å². The molecule has 1 aromatic heterocycles. The molecule has 102 valence electrons. The number of nitrogens with zero attached hydrogens (tertiary/aromatic N) is 3. The minimum Gasteiger partial charge on any atom is -0.339 e. The van der Waals surface area contributed by atoms with Crippen LogP contribution in [0.2, 0.25) is 0 Å². The molecule has 19 heavy (non-hydrogen) atoms. The van der Waals surface area contributed by atoms with Crippen LogP contribution >= 0.6 is 24.0 Å². The van der Waals surface area contributed by atoms with Crippen molar-refractivity contribution in [1.82, 2.24) is 14.8 Å². The van der Waals surface area contributed by atoms with Crippen LogP contribution in [0.1, 0.15) is 31.4 Å². The Morgan fingerprint density at radius 1 is 1.32 bits per heavy atom. The molecule has 0 radical (unpaired) electrons. The van der Waals surface area contributed by atoms with Crippen LogP contribution in [-0.2, 0) is 6.54 Å². The molecular weight excluding hydrogens is 274 g/mol. The molecule has 0 amide bonds. The van der Waals surface area contributed by atoms with Gasteiger partial charge < -0.3 is 4.90 Å². The lowest BCUT2D eigenvalue weighted by Crippen LogP contribution is -2.48. The summed E-state index contributed by atoms with van der Waals surface area (Å²) in [6, 6.07) is 6.83. The van der Waals surface area contributed by atoms with Crippen LogP contribution in [0.5, 0.6) is 0 Å². The van der Waals surface area contributed by atoms with E-state index < -0.39 is 0 Å². The minimum atomic E-state index is 0.766. The Hall–Kier alpha value is -0.650. The van der Waals surface area contributed by atoms with Gasteiger partial charge in [0.1, 0.15) is 4.32 Å². The van der Waals surface area contributed by atoms with Crippen molar-refractivity contribution in [2.45, 2.75) is 38.3 Å². The summed E-state index contributed by atoms with van der Waals surface area (Å²) >= 11 is 7.28. The quantitative estimate of drug-likeness (QED) is 0.795. The smallest absolute Gasteiger partial charge is 0.139 e. The van der Waals surface area contributed by atoms with Gasteiger partial charge in [0.05, 0.1) is 24.8 Å². The summed E-state index contributed by atoms with van der Waals surface area (Å²) in [5.41, 5.74) is 1.10. The van der Waals surface area contributed by atoms with Gasteiger partial charge in [-0.05, 0) is 25.0 Å². The second-order valence-corrected chi connectivity index (χ2v) is 6.81. The maximum Gasteiger partial charge on any atom is 0.139 e. The first-order valence-corrected chi connectivity index (χ1v) is 8.28. The average molecular weight is 293 g/mol.